The van der Waals surface area contributed by atoms with Crippen LogP contribution >= 0.6 is 0 Å². The van der Waals surface area contributed by atoms with Crippen molar-refractivity contribution in [2.24, 2.45) is 5.92 Å². The van der Waals surface area contributed by atoms with Crippen molar-refractivity contribution < 1.29 is 19.0 Å². The fourth-order valence-electron chi connectivity index (χ4n) is 5.53. The third kappa shape index (κ3) is 5.18. The maximum Gasteiger partial charge on any atom is 0.225 e. The summed E-state index contributed by atoms with van der Waals surface area (Å²) in [6, 6.07) is 14.5. The molecule has 0 spiro atoms. The number of benzene rings is 2. The van der Waals surface area contributed by atoms with Gasteiger partial charge in [-0.05, 0) is 42.3 Å². The molecule has 2 atom stereocenters. The Morgan fingerprint density at radius 3 is 2.49 bits per heavy atom. The number of carbonyl (C=O) groups excluding carboxylic acids is 1. The average Bonchev–Trinajstić information content (AvgIpc) is 2.92. The molecular formula is C27H36N4O4. The highest BCUT2D eigenvalue weighted by Crippen LogP contribution is 2.39. The first-order chi connectivity index (χ1) is 17.2. The van der Waals surface area contributed by atoms with Gasteiger partial charge in [-0.15, -0.1) is 0 Å². The summed E-state index contributed by atoms with van der Waals surface area (Å²) in [5.74, 6) is 1.74. The molecule has 3 heterocycles. The molecule has 0 radical (unpaired) electrons. The van der Waals surface area contributed by atoms with Gasteiger partial charge in [0.15, 0.2) is 0 Å². The molecule has 3 aliphatic rings. The summed E-state index contributed by atoms with van der Waals surface area (Å²) in [6.45, 7) is 7.49. The van der Waals surface area contributed by atoms with Crippen molar-refractivity contribution in [1.82, 2.24) is 10.2 Å². The minimum Gasteiger partial charge on any atom is -0.497 e. The lowest BCUT2D eigenvalue weighted by Crippen LogP contribution is -2.61. The van der Waals surface area contributed by atoms with E-state index in [-0.39, 0.29) is 17.9 Å². The van der Waals surface area contributed by atoms with Crippen LogP contribution in [0.15, 0.2) is 42.5 Å². The summed E-state index contributed by atoms with van der Waals surface area (Å²) < 4.78 is 16.3. The molecule has 0 saturated carbocycles. The molecule has 0 aromatic heterocycles. The Hall–Kier alpha value is -2.97. The predicted molar refractivity (Wildman–Crippen MR) is 137 cm³/mol. The Balaban J connectivity index is 1.33. The number of anilines is 2. The second-order valence-corrected chi connectivity index (χ2v) is 9.46. The predicted octanol–water partition coefficient (Wildman–Crippen LogP) is 2.02. The van der Waals surface area contributed by atoms with Crippen LogP contribution < -0.4 is 24.6 Å². The van der Waals surface area contributed by atoms with Gasteiger partial charge in [-0.2, -0.15) is 0 Å². The minimum absolute atomic E-state index is 0.0915. The van der Waals surface area contributed by atoms with E-state index < -0.39 is 0 Å². The molecular weight excluding hydrogens is 444 g/mol. The lowest BCUT2D eigenvalue weighted by molar-refractivity contribution is -0.125. The van der Waals surface area contributed by atoms with Gasteiger partial charge in [0.2, 0.25) is 5.91 Å². The quantitative estimate of drug-likeness (QED) is 0.651. The van der Waals surface area contributed by atoms with Crippen LogP contribution in [0.1, 0.15) is 5.56 Å². The third-order valence-corrected chi connectivity index (χ3v) is 7.53. The molecule has 2 saturated heterocycles. The van der Waals surface area contributed by atoms with Crippen LogP contribution in [-0.2, 0) is 16.0 Å². The molecule has 188 valence electrons. The number of rotatable bonds is 7. The Labute approximate surface area is 207 Å². The van der Waals surface area contributed by atoms with Gasteiger partial charge in [0.1, 0.15) is 11.5 Å². The summed E-state index contributed by atoms with van der Waals surface area (Å²) in [4.78, 5) is 20.7. The fraction of sp³-hybridized carbons (Fsp3) is 0.519. The molecule has 3 aliphatic heterocycles. The maximum absolute atomic E-state index is 13.5. The van der Waals surface area contributed by atoms with Gasteiger partial charge >= 0.3 is 0 Å². The van der Waals surface area contributed by atoms with E-state index in [0.29, 0.717) is 6.54 Å². The summed E-state index contributed by atoms with van der Waals surface area (Å²) in [6.07, 6.45) is 0.736. The standard InChI is InChI=1S/C27H36N4O4/c1-33-22-7-4-21(5-8-22)30-11-12-31-25-18-23(34-2)6-3-20(25)17-24(26(31)19-30)27(32)28-9-10-29-13-15-35-16-14-29/h3-8,18,24,26H,9-17,19H2,1-2H3,(H,28,32)/t24-,26-/m0/s1. The van der Waals surface area contributed by atoms with E-state index >= 15 is 0 Å². The first-order valence-corrected chi connectivity index (χ1v) is 12.6. The zero-order valence-electron chi connectivity index (χ0n) is 20.7. The zero-order valence-corrected chi connectivity index (χ0v) is 20.7. The van der Waals surface area contributed by atoms with Crippen molar-refractivity contribution in [3.63, 3.8) is 0 Å². The average molecular weight is 481 g/mol. The van der Waals surface area contributed by atoms with Gasteiger partial charge in [0.25, 0.3) is 0 Å². The number of hydrogen-bond acceptors (Lipinski definition) is 7. The number of nitrogens with one attached hydrogen (secondary N) is 1. The number of piperazine rings is 1. The summed E-state index contributed by atoms with van der Waals surface area (Å²) >= 11 is 0. The molecule has 2 aromatic rings. The van der Waals surface area contributed by atoms with Crippen molar-refractivity contribution in [1.29, 1.82) is 0 Å². The summed E-state index contributed by atoms with van der Waals surface area (Å²) in [7, 11) is 3.39. The van der Waals surface area contributed by atoms with E-state index in [9.17, 15) is 4.79 Å². The van der Waals surface area contributed by atoms with Crippen molar-refractivity contribution in [2.75, 3.05) is 83.0 Å². The Morgan fingerprint density at radius 1 is 1.00 bits per heavy atom. The van der Waals surface area contributed by atoms with Gasteiger partial charge in [0, 0.05) is 63.3 Å². The molecule has 35 heavy (non-hydrogen) atoms. The molecule has 1 N–H and O–H groups in total. The number of morpholine rings is 1. The molecule has 0 unspecified atom stereocenters. The summed E-state index contributed by atoms with van der Waals surface area (Å²) in [5.41, 5.74) is 3.57. The highest BCUT2D eigenvalue weighted by atomic mass is 16.5. The number of methoxy groups -OCH3 is 2. The van der Waals surface area contributed by atoms with E-state index in [4.69, 9.17) is 14.2 Å². The van der Waals surface area contributed by atoms with Crippen LogP contribution in [0.4, 0.5) is 11.4 Å². The first kappa shape index (κ1) is 23.8. The minimum atomic E-state index is -0.110. The van der Waals surface area contributed by atoms with E-state index in [1.165, 1.54) is 11.3 Å². The van der Waals surface area contributed by atoms with Gasteiger partial charge < -0.3 is 29.3 Å². The van der Waals surface area contributed by atoms with Gasteiger partial charge in [-0.3, -0.25) is 9.69 Å². The Bertz CT molecular complexity index is 1010. The second kappa shape index (κ2) is 10.7. The van der Waals surface area contributed by atoms with Gasteiger partial charge in [-0.1, -0.05) is 6.07 Å². The number of carbonyl (C=O) groups is 1. The smallest absolute Gasteiger partial charge is 0.225 e. The monoisotopic (exact) mass is 480 g/mol. The molecule has 8 heteroatoms. The van der Waals surface area contributed by atoms with Crippen molar-refractivity contribution in [3.05, 3.63) is 48.0 Å². The molecule has 8 nitrogen and oxygen atoms in total. The zero-order chi connectivity index (χ0) is 24.2. The number of amides is 1. The first-order valence-electron chi connectivity index (χ1n) is 12.6. The molecule has 0 aliphatic carbocycles. The van der Waals surface area contributed by atoms with Crippen LogP contribution in [0.3, 0.4) is 0 Å². The lowest BCUT2D eigenvalue weighted by atomic mass is 9.83. The molecule has 2 fully saturated rings. The highest BCUT2D eigenvalue weighted by Gasteiger charge is 2.41. The lowest BCUT2D eigenvalue weighted by Gasteiger charge is -2.49. The number of fused-ring (bicyclic) bond motifs is 3. The molecule has 5 rings (SSSR count). The van der Waals surface area contributed by atoms with E-state index in [1.54, 1.807) is 14.2 Å². The van der Waals surface area contributed by atoms with Crippen LogP contribution in [0.25, 0.3) is 0 Å². The topological polar surface area (TPSA) is 66.5 Å². The van der Waals surface area contributed by atoms with Crippen molar-refractivity contribution >= 4 is 17.3 Å². The largest absolute Gasteiger partial charge is 0.497 e. The number of nitrogens with zero attached hydrogens (tertiary/aromatic N) is 3. The normalized spacial score (nSPS) is 22.2. The van der Waals surface area contributed by atoms with Crippen LogP contribution in [0.5, 0.6) is 11.5 Å². The second-order valence-electron chi connectivity index (χ2n) is 9.46. The van der Waals surface area contributed by atoms with Crippen LogP contribution in [0.2, 0.25) is 0 Å². The molecule has 1 amide bonds. The Kier molecular flexibility index (Phi) is 7.29. The van der Waals surface area contributed by atoms with Crippen molar-refractivity contribution in [3.8, 4) is 11.5 Å². The summed E-state index contributed by atoms with van der Waals surface area (Å²) in [5, 5.41) is 3.25. The van der Waals surface area contributed by atoms with E-state index in [2.05, 4.69) is 44.3 Å². The van der Waals surface area contributed by atoms with E-state index in [0.717, 1.165) is 76.1 Å². The van der Waals surface area contributed by atoms with Crippen LogP contribution in [0, 0.1) is 5.92 Å². The van der Waals surface area contributed by atoms with Gasteiger partial charge in [0.05, 0.1) is 39.4 Å². The van der Waals surface area contributed by atoms with Gasteiger partial charge in [-0.25, -0.2) is 0 Å². The number of hydrogen-bond donors (Lipinski definition) is 1. The highest BCUT2D eigenvalue weighted by molar-refractivity contribution is 5.82. The number of ether oxygens (including phenoxy) is 3. The molecule has 0 bridgehead atoms. The van der Waals surface area contributed by atoms with Crippen LogP contribution in [-0.4, -0.2) is 90.1 Å². The maximum atomic E-state index is 13.5. The third-order valence-electron chi connectivity index (χ3n) is 7.53. The van der Waals surface area contributed by atoms with E-state index in [1.807, 2.05) is 18.2 Å². The Morgan fingerprint density at radius 2 is 1.74 bits per heavy atom. The van der Waals surface area contributed by atoms with Crippen molar-refractivity contribution in [2.45, 2.75) is 12.5 Å². The molecule has 2 aromatic carbocycles. The fourth-order valence-corrected chi connectivity index (χ4v) is 5.53. The SMILES string of the molecule is COc1ccc(N2CCN3c4cc(OC)ccc4C[C@H](C(=O)NCCN4CCOCC4)[C@@H]3C2)cc1.